The van der Waals surface area contributed by atoms with Gasteiger partial charge in [-0.3, -0.25) is 0 Å². The van der Waals surface area contributed by atoms with Gasteiger partial charge in [0.15, 0.2) is 0 Å². The smallest absolute Gasteiger partial charge is 0.142 e. The van der Waals surface area contributed by atoms with Crippen LogP contribution in [0.5, 0.6) is 0 Å². The van der Waals surface area contributed by atoms with Crippen molar-refractivity contribution >= 4 is 16.9 Å². The molecule has 0 spiro atoms. The van der Waals surface area contributed by atoms with Gasteiger partial charge in [0.05, 0.1) is 5.39 Å². The Morgan fingerprint density at radius 1 is 1.16 bits per heavy atom. The van der Waals surface area contributed by atoms with Crippen molar-refractivity contribution in [2.45, 2.75) is 13.3 Å². The first-order valence-corrected chi connectivity index (χ1v) is 6.41. The van der Waals surface area contributed by atoms with E-state index in [9.17, 15) is 0 Å². The first kappa shape index (κ1) is 11.7. The van der Waals surface area contributed by atoms with Crippen LogP contribution in [0, 0.1) is 6.92 Å². The average Bonchev–Trinajstić information content (AvgIpc) is 2.90. The highest BCUT2D eigenvalue weighted by atomic mass is 15.0. The molecule has 0 unspecified atom stereocenters. The van der Waals surface area contributed by atoms with E-state index in [0.29, 0.717) is 0 Å². The van der Waals surface area contributed by atoms with E-state index in [2.05, 4.69) is 51.5 Å². The monoisotopic (exact) mass is 252 g/mol. The number of aromatic nitrogens is 3. The Balaban J connectivity index is 1.70. The molecule has 1 aromatic carbocycles. The summed E-state index contributed by atoms with van der Waals surface area (Å²) in [6.07, 6.45) is 4.45. The third kappa shape index (κ3) is 2.42. The third-order valence-electron chi connectivity index (χ3n) is 3.30. The normalized spacial score (nSPS) is 10.8. The number of hydrogen-bond acceptors (Lipinski definition) is 3. The molecular formula is C15H16N4. The van der Waals surface area contributed by atoms with Gasteiger partial charge in [-0.15, -0.1) is 0 Å². The molecule has 0 saturated heterocycles. The summed E-state index contributed by atoms with van der Waals surface area (Å²) in [7, 11) is 0. The van der Waals surface area contributed by atoms with Crippen molar-refractivity contribution in [3.05, 3.63) is 54.0 Å². The molecule has 2 aromatic heterocycles. The van der Waals surface area contributed by atoms with E-state index in [1.165, 1.54) is 11.1 Å². The molecule has 3 aromatic rings. The fourth-order valence-electron chi connectivity index (χ4n) is 2.22. The first-order valence-electron chi connectivity index (χ1n) is 6.41. The Morgan fingerprint density at radius 2 is 2.05 bits per heavy atom. The predicted octanol–water partition coefficient (Wildman–Crippen LogP) is 2.92. The van der Waals surface area contributed by atoms with Crippen LogP contribution in [0.15, 0.2) is 42.9 Å². The minimum absolute atomic E-state index is 0.863. The number of fused-ring (bicyclic) bond motifs is 1. The van der Waals surface area contributed by atoms with E-state index in [0.717, 1.165) is 29.8 Å². The Kier molecular flexibility index (Phi) is 3.14. The van der Waals surface area contributed by atoms with Crippen molar-refractivity contribution in [3.63, 3.8) is 0 Å². The lowest BCUT2D eigenvalue weighted by molar-refractivity contribution is 0.993. The summed E-state index contributed by atoms with van der Waals surface area (Å²) in [5.74, 6) is 0.889. The second-order valence-electron chi connectivity index (χ2n) is 4.57. The van der Waals surface area contributed by atoms with Gasteiger partial charge in [0.2, 0.25) is 0 Å². The zero-order valence-electron chi connectivity index (χ0n) is 10.9. The standard InChI is InChI=1S/C15H16N4/c1-11-4-2-3-5-12(11)6-8-16-14-13-7-9-17-15(13)19-10-18-14/h2-5,7,9-10H,6,8H2,1H3,(H2,16,17,18,19). The van der Waals surface area contributed by atoms with Gasteiger partial charge < -0.3 is 10.3 Å². The second-order valence-corrected chi connectivity index (χ2v) is 4.57. The van der Waals surface area contributed by atoms with Crippen LogP contribution < -0.4 is 5.32 Å². The molecule has 4 heteroatoms. The van der Waals surface area contributed by atoms with Crippen LogP contribution in [0.1, 0.15) is 11.1 Å². The van der Waals surface area contributed by atoms with Gasteiger partial charge >= 0.3 is 0 Å². The Labute approximate surface area is 111 Å². The number of anilines is 1. The van der Waals surface area contributed by atoms with Crippen LogP contribution in [0.2, 0.25) is 0 Å². The minimum atomic E-state index is 0.863. The number of rotatable bonds is 4. The summed E-state index contributed by atoms with van der Waals surface area (Å²) in [6, 6.07) is 10.5. The van der Waals surface area contributed by atoms with Crippen molar-refractivity contribution in [1.82, 2.24) is 15.0 Å². The van der Waals surface area contributed by atoms with Crippen LogP contribution in [0.25, 0.3) is 11.0 Å². The lowest BCUT2D eigenvalue weighted by Gasteiger charge is -2.08. The maximum absolute atomic E-state index is 4.29. The van der Waals surface area contributed by atoms with E-state index >= 15 is 0 Å². The molecule has 19 heavy (non-hydrogen) atoms. The highest BCUT2D eigenvalue weighted by Crippen LogP contribution is 2.17. The zero-order valence-corrected chi connectivity index (χ0v) is 10.9. The number of hydrogen-bond donors (Lipinski definition) is 2. The van der Waals surface area contributed by atoms with Crippen LogP contribution in [0.4, 0.5) is 5.82 Å². The van der Waals surface area contributed by atoms with Gasteiger partial charge in [-0.1, -0.05) is 24.3 Å². The Bertz CT molecular complexity index is 687. The quantitative estimate of drug-likeness (QED) is 0.750. The molecule has 0 amide bonds. The largest absolute Gasteiger partial charge is 0.369 e. The average molecular weight is 252 g/mol. The molecule has 0 saturated carbocycles. The summed E-state index contributed by atoms with van der Waals surface area (Å²) in [6.45, 7) is 3.01. The minimum Gasteiger partial charge on any atom is -0.369 e. The lowest BCUT2D eigenvalue weighted by atomic mass is 10.1. The highest BCUT2D eigenvalue weighted by Gasteiger charge is 2.03. The number of benzene rings is 1. The maximum atomic E-state index is 4.29. The predicted molar refractivity (Wildman–Crippen MR) is 77.3 cm³/mol. The van der Waals surface area contributed by atoms with Crippen LogP contribution in [-0.2, 0) is 6.42 Å². The van der Waals surface area contributed by atoms with E-state index in [-0.39, 0.29) is 0 Å². The van der Waals surface area contributed by atoms with E-state index in [4.69, 9.17) is 0 Å². The fourth-order valence-corrected chi connectivity index (χ4v) is 2.22. The molecule has 2 heterocycles. The highest BCUT2D eigenvalue weighted by molar-refractivity contribution is 5.86. The molecule has 0 radical (unpaired) electrons. The zero-order chi connectivity index (χ0) is 13.1. The van der Waals surface area contributed by atoms with Crippen LogP contribution >= 0.6 is 0 Å². The molecule has 4 nitrogen and oxygen atoms in total. The molecular weight excluding hydrogens is 236 g/mol. The van der Waals surface area contributed by atoms with Gasteiger partial charge in [-0.05, 0) is 30.5 Å². The van der Waals surface area contributed by atoms with Crippen LogP contribution in [-0.4, -0.2) is 21.5 Å². The summed E-state index contributed by atoms with van der Waals surface area (Å²) < 4.78 is 0. The van der Waals surface area contributed by atoms with Crippen molar-refractivity contribution in [3.8, 4) is 0 Å². The Hall–Kier alpha value is -2.36. The number of nitrogens with zero attached hydrogens (tertiary/aromatic N) is 2. The van der Waals surface area contributed by atoms with Crippen LogP contribution in [0.3, 0.4) is 0 Å². The van der Waals surface area contributed by atoms with E-state index in [1.54, 1.807) is 6.33 Å². The van der Waals surface area contributed by atoms with Crippen molar-refractivity contribution < 1.29 is 0 Å². The fraction of sp³-hybridized carbons (Fsp3) is 0.200. The second kappa shape index (κ2) is 5.10. The first-order chi connectivity index (χ1) is 9.34. The summed E-state index contributed by atoms with van der Waals surface area (Å²) in [5.41, 5.74) is 3.57. The SMILES string of the molecule is Cc1ccccc1CCNc1ncnc2[nH]ccc12. The molecule has 0 fully saturated rings. The summed E-state index contributed by atoms with van der Waals surface area (Å²) in [4.78, 5) is 11.6. The molecule has 0 atom stereocenters. The molecule has 2 N–H and O–H groups in total. The molecule has 0 aliphatic heterocycles. The van der Waals surface area contributed by atoms with E-state index < -0.39 is 0 Å². The van der Waals surface area contributed by atoms with Crippen molar-refractivity contribution in [2.24, 2.45) is 0 Å². The molecule has 96 valence electrons. The third-order valence-corrected chi connectivity index (χ3v) is 3.30. The molecule has 0 bridgehead atoms. The van der Waals surface area contributed by atoms with Crippen molar-refractivity contribution in [1.29, 1.82) is 0 Å². The summed E-state index contributed by atoms with van der Waals surface area (Å²) >= 11 is 0. The number of H-pyrrole nitrogens is 1. The summed E-state index contributed by atoms with van der Waals surface area (Å²) in [5, 5.41) is 4.41. The van der Waals surface area contributed by atoms with Crippen molar-refractivity contribution in [2.75, 3.05) is 11.9 Å². The van der Waals surface area contributed by atoms with Gasteiger partial charge in [0, 0.05) is 12.7 Å². The molecule has 3 rings (SSSR count). The Morgan fingerprint density at radius 3 is 2.95 bits per heavy atom. The van der Waals surface area contributed by atoms with E-state index in [1.807, 2.05) is 12.3 Å². The van der Waals surface area contributed by atoms with Gasteiger partial charge in [-0.2, -0.15) is 0 Å². The number of aryl methyl sites for hydroxylation is 1. The molecule has 0 aliphatic carbocycles. The lowest BCUT2D eigenvalue weighted by Crippen LogP contribution is -2.07. The topological polar surface area (TPSA) is 53.6 Å². The van der Waals surface area contributed by atoms with Gasteiger partial charge in [0.25, 0.3) is 0 Å². The van der Waals surface area contributed by atoms with Gasteiger partial charge in [0.1, 0.15) is 17.8 Å². The number of aromatic amines is 1. The maximum Gasteiger partial charge on any atom is 0.142 e. The number of nitrogens with one attached hydrogen (secondary N) is 2. The molecule has 0 aliphatic rings. The van der Waals surface area contributed by atoms with Gasteiger partial charge in [-0.25, -0.2) is 9.97 Å².